The van der Waals surface area contributed by atoms with E-state index < -0.39 is 0 Å². The van der Waals surface area contributed by atoms with Crippen LogP contribution in [0.15, 0.2) is 18.5 Å². The topological polar surface area (TPSA) is 92.3 Å². The fraction of sp³-hybridized carbons (Fsp3) is 0.444. The molecule has 2 aromatic rings. The molecule has 23 heavy (non-hydrogen) atoms. The van der Waals surface area contributed by atoms with Crippen LogP contribution in [0.1, 0.15) is 49.8 Å². The van der Waals surface area contributed by atoms with E-state index in [1.165, 1.54) is 6.33 Å². The first kappa shape index (κ1) is 15.7. The number of phenols is 1. The number of benzene rings is 1. The van der Waals surface area contributed by atoms with Crippen molar-refractivity contribution < 1.29 is 10.2 Å². The van der Waals surface area contributed by atoms with Crippen molar-refractivity contribution in [2.24, 2.45) is 0 Å². The zero-order valence-corrected chi connectivity index (χ0v) is 13.8. The van der Waals surface area contributed by atoms with Crippen LogP contribution in [0.5, 0.6) is 5.75 Å². The highest BCUT2D eigenvalue weighted by Crippen LogP contribution is 2.48. The van der Waals surface area contributed by atoms with Crippen molar-refractivity contribution in [3.05, 3.63) is 35.2 Å². The lowest BCUT2D eigenvalue weighted by Crippen LogP contribution is -2.29. The lowest BCUT2D eigenvalue weighted by molar-refractivity contribution is 0.277. The summed E-state index contributed by atoms with van der Waals surface area (Å²) in [6.07, 6.45) is 2.86. The van der Waals surface area contributed by atoms with Crippen LogP contribution < -0.4 is 5.73 Å². The van der Waals surface area contributed by atoms with Gasteiger partial charge in [0.1, 0.15) is 17.9 Å². The van der Waals surface area contributed by atoms with E-state index in [4.69, 9.17) is 5.73 Å². The number of aromatic hydroxyl groups is 1. The zero-order chi connectivity index (χ0) is 16.8. The molecule has 0 radical (unpaired) electrons. The summed E-state index contributed by atoms with van der Waals surface area (Å²) in [7, 11) is 0. The standard InChI is InChI=1S/C18H23N3O2/c1-10(6-7-22)14-12-8-18(2,3)15-16(20-9-21-17(15)19)11(12)4-5-13(14)23/h4-5,9-10,22-23H,6-8H2,1-3H3,(H2,19,20,21). The molecule has 5 heteroatoms. The number of anilines is 1. The Bertz CT molecular complexity index is 756. The van der Waals surface area contributed by atoms with Crippen LogP contribution in [0.25, 0.3) is 11.3 Å². The van der Waals surface area contributed by atoms with Gasteiger partial charge >= 0.3 is 0 Å². The van der Waals surface area contributed by atoms with E-state index in [9.17, 15) is 10.2 Å². The summed E-state index contributed by atoms with van der Waals surface area (Å²) in [5, 5.41) is 19.7. The van der Waals surface area contributed by atoms with E-state index in [1.807, 2.05) is 13.0 Å². The predicted molar refractivity (Wildman–Crippen MR) is 90.4 cm³/mol. The Labute approximate surface area is 136 Å². The summed E-state index contributed by atoms with van der Waals surface area (Å²) in [6, 6.07) is 3.61. The van der Waals surface area contributed by atoms with E-state index in [0.29, 0.717) is 12.2 Å². The summed E-state index contributed by atoms with van der Waals surface area (Å²) < 4.78 is 0. The number of hydrogen-bond donors (Lipinski definition) is 3. The number of rotatable bonds is 3. The number of phenolic OH excluding ortho intramolecular Hbond substituents is 1. The molecule has 122 valence electrons. The van der Waals surface area contributed by atoms with Crippen LogP contribution in [-0.2, 0) is 11.8 Å². The average molecular weight is 313 g/mol. The maximum atomic E-state index is 10.4. The summed E-state index contributed by atoms with van der Waals surface area (Å²) in [5.41, 5.74) is 10.7. The molecular weight excluding hydrogens is 290 g/mol. The van der Waals surface area contributed by atoms with Crippen molar-refractivity contribution in [2.75, 3.05) is 12.3 Å². The molecule has 1 unspecified atom stereocenters. The average Bonchev–Trinajstić information content (AvgIpc) is 2.46. The summed E-state index contributed by atoms with van der Waals surface area (Å²) in [6.45, 7) is 6.37. The lowest BCUT2D eigenvalue weighted by atomic mass is 9.69. The third-order valence-electron chi connectivity index (χ3n) is 4.82. The molecule has 0 saturated carbocycles. The third-order valence-corrected chi connectivity index (χ3v) is 4.82. The molecule has 3 rings (SSSR count). The van der Waals surface area contributed by atoms with Crippen LogP contribution in [0, 0.1) is 0 Å². The highest BCUT2D eigenvalue weighted by atomic mass is 16.3. The molecular formula is C18H23N3O2. The number of hydrogen-bond acceptors (Lipinski definition) is 5. The summed E-state index contributed by atoms with van der Waals surface area (Å²) in [4.78, 5) is 8.62. The maximum Gasteiger partial charge on any atom is 0.131 e. The molecule has 1 aliphatic rings. The van der Waals surface area contributed by atoms with Gasteiger partial charge in [-0.05, 0) is 41.9 Å². The van der Waals surface area contributed by atoms with E-state index in [0.717, 1.165) is 34.4 Å². The van der Waals surface area contributed by atoms with Gasteiger partial charge in [-0.2, -0.15) is 0 Å². The first-order valence-corrected chi connectivity index (χ1v) is 7.93. The van der Waals surface area contributed by atoms with Gasteiger partial charge in [0, 0.05) is 23.3 Å². The Kier molecular flexibility index (Phi) is 3.76. The molecule has 1 heterocycles. The van der Waals surface area contributed by atoms with Gasteiger partial charge in [0.25, 0.3) is 0 Å². The smallest absolute Gasteiger partial charge is 0.131 e. The molecule has 1 aromatic carbocycles. The number of aliphatic hydroxyl groups excluding tert-OH is 1. The Balaban J connectivity index is 2.29. The molecule has 5 nitrogen and oxygen atoms in total. The van der Waals surface area contributed by atoms with Crippen molar-refractivity contribution in [3.8, 4) is 17.0 Å². The van der Waals surface area contributed by atoms with Crippen molar-refractivity contribution in [2.45, 2.75) is 44.9 Å². The monoisotopic (exact) mass is 313 g/mol. The quantitative estimate of drug-likeness (QED) is 0.810. The Morgan fingerprint density at radius 2 is 2.04 bits per heavy atom. The summed E-state index contributed by atoms with van der Waals surface area (Å²) >= 11 is 0. The second-order valence-electron chi connectivity index (χ2n) is 6.98. The van der Waals surface area contributed by atoms with Crippen LogP contribution in [-0.4, -0.2) is 26.8 Å². The van der Waals surface area contributed by atoms with Gasteiger partial charge in [-0.3, -0.25) is 0 Å². The minimum atomic E-state index is -0.213. The van der Waals surface area contributed by atoms with E-state index in [1.54, 1.807) is 6.07 Å². The molecule has 4 N–H and O–H groups in total. The predicted octanol–water partition coefficient (Wildman–Crippen LogP) is 2.75. The Morgan fingerprint density at radius 3 is 2.74 bits per heavy atom. The van der Waals surface area contributed by atoms with Crippen LogP contribution in [0.4, 0.5) is 5.82 Å². The molecule has 1 aliphatic carbocycles. The number of aliphatic hydroxyl groups is 1. The van der Waals surface area contributed by atoms with Crippen molar-refractivity contribution >= 4 is 5.82 Å². The van der Waals surface area contributed by atoms with Crippen LogP contribution in [0.3, 0.4) is 0 Å². The first-order chi connectivity index (χ1) is 10.9. The van der Waals surface area contributed by atoms with E-state index in [-0.39, 0.29) is 23.7 Å². The molecule has 0 spiro atoms. The van der Waals surface area contributed by atoms with Gasteiger partial charge < -0.3 is 15.9 Å². The van der Waals surface area contributed by atoms with Crippen molar-refractivity contribution in [1.82, 2.24) is 9.97 Å². The van der Waals surface area contributed by atoms with Crippen molar-refractivity contribution in [3.63, 3.8) is 0 Å². The maximum absolute atomic E-state index is 10.4. The molecule has 0 fully saturated rings. The molecule has 0 amide bonds. The number of fused-ring (bicyclic) bond motifs is 3. The lowest BCUT2D eigenvalue weighted by Gasteiger charge is -2.35. The second kappa shape index (κ2) is 5.49. The first-order valence-electron chi connectivity index (χ1n) is 7.93. The van der Waals surface area contributed by atoms with E-state index in [2.05, 4.69) is 23.8 Å². The normalized spacial score (nSPS) is 16.5. The molecule has 1 atom stereocenters. The second-order valence-corrected chi connectivity index (χ2v) is 6.98. The molecule has 0 bridgehead atoms. The van der Waals surface area contributed by atoms with Gasteiger partial charge in [-0.15, -0.1) is 0 Å². The largest absolute Gasteiger partial charge is 0.508 e. The Hall–Kier alpha value is -2.14. The zero-order valence-electron chi connectivity index (χ0n) is 13.8. The van der Waals surface area contributed by atoms with Gasteiger partial charge in [0.15, 0.2) is 0 Å². The third kappa shape index (κ3) is 2.45. The fourth-order valence-corrected chi connectivity index (χ4v) is 3.75. The number of nitrogens with two attached hydrogens (primary N) is 1. The number of nitrogen functional groups attached to an aromatic ring is 1. The van der Waals surface area contributed by atoms with Gasteiger partial charge in [0.2, 0.25) is 0 Å². The van der Waals surface area contributed by atoms with Crippen molar-refractivity contribution in [1.29, 1.82) is 0 Å². The SMILES string of the molecule is CC(CCO)c1c(O)ccc2c1CC(C)(C)c1c(N)ncnc1-2. The minimum absolute atomic E-state index is 0.0754. The Morgan fingerprint density at radius 1 is 1.30 bits per heavy atom. The van der Waals surface area contributed by atoms with Gasteiger partial charge in [-0.25, -0.2) is 9.97 Å². The van der Waals surface area contributed by atoms with Crippen LogP contribution in [0.2, 0.25) is 0 Å². The summed E-state index contributed by atoms with van der Waals surface area (Å²) in [5.74, 6) is 0.876. The number of aromatic nitrogens is 2. The fourth-order valence-electron chi connectivity index (χ4n) is 3.75. The van der Waals surface area contributed by atoms with Gasteiger partial charge in [-0.1, -0.05) is 20.8 Å². The minimum Gasteiger partial charge on any atom is -0.508 e. The van der Waals surface area contributed by atoms with Gasteiger partial charge in [0.05, 0.1) is 5.69 Å². The molecule has 0 saturated heterocycles. The highest BCUT2D eigenvalue weighted by molar-refractivity contribution is 5.77. The van der Waals surface area contributed by atoms with Crippen LogP contribution >= 0.6 is 0 Å². The molecule has 0 aliphatic heterocycles. The van der Waals surface area contributed by atoms with E-state index >= 15 is 0 Å². The number of nitrogens with zero attached hydrogens (tertiary/aromatic N) is 2. The molecule has 1 aromatic heterocycles. The highest BCUT2D eigenvalue weighted by Gasteiger charge is 2.36.